The Hall–Kier alpha value is -4.06. The Morgan fingerprint density at radius 2 is 1.32 bits per heavy atom. The first-order chi connectivity index (χ1) is 18.6. The Balaban J connectivity index is 1.26. The van der Waals surface area contributed by atoms with Crippen molar-refractivity contribution in [2.75, 3.05) is 38.2 Å². The van der Waals surface area contributed by atoms with Gasteiger partial charge in [-0.2, -0.15) is 0 Å². The van der Waals surface area contributed by atoms with E-state index in [1.54, 1.807) is 7.11 Å². The van der Waals surface area contributed by atoms with Gasteiger partial charge in [0.15, 0.2) is 0 Å². The van der Waals surface area contributed by atoms with Crippen LogP contribution >= 0.6 is 0 Å². The quantitative estimate of drug-likeness (QED) is 0.464. The molecule has 3 aromatic rings. The monoisotopic (exact) mass is 509 g/mol. The van der Waals surface area contributed by atoms with Gasteiger partial charge in [-0.15, -0.1) is 0 Å². The molecule has 0 spiro atoms. The van der Waals surface area contributed by atoms with E-state index in [1.165, 1.54) is 0 Å². The van der Waals surface area contributed by atoms with E-state index in [1.807, 2.05) is 89.8 Å². The van der Waals surface area contributed by atoms with Gasteiger partial charge in [0.2, 0.25) is 11.8 Å². The van der Waals surface area contributed by atoms with E-state index in [2.05, 4.69) is 22.3 Å². The lowest BCUT2D eigenvalue weighted by molar-refractivity contribution is -0.142. The van der Waals surface area contributed by atoms with Crippen molar-refractivity contribution in [1.29, 1.82) is 0 Å². The van der Waals surface area contributed by atoms with E-state index in [4.69, 9.17) is 4.74 Å². The smallest absolute Gasteiger partial charge is 0.226 e. The average Bonchev–Trinajstić information content (AvgIpc) is 3.00. The molecule has 1 aliphatic carbocycles. The number of anilines is 1. The number of methoxy groups -OCH3 is 1. The predicted octanol–water partition coefficient (Wildman–Crippen LogP) is 4.83. The van der Waals surface area contributed by atoms with Gasteiger partial charge in [0.25, 0.3) is 0 Å². The van der Waals surface area contributed by atoms with Gasteiger partial charge in [0.1, 0.15) is 5.75 Å². The highest BCUT2D eigenvalue weighted by molar-refractivity contribution is 5.89. The number of amides is 2. The molecule has 196 valence electrons. The summed E-state index contributed by atoms with van der Waals surface area (Å²) < 4.78 is 5.27. The fourth-order valence-electron chi connectivity index (χ4n) is 5.49. The Kier molecular flexibility index (Phi) is 8.07. The van der Waals surface area contributed by atoms with Gasteiger partial charge in [-0.1, -0.05) is 72.8 Å². The van der Waals surface area contributed by atoms with Crippen molar-refractivity contribution in [1.82, 2.24) is 10.2 Å². The van der Waals surface area contributed by atoms with Crippen LogP contribution in [0.3, 0.4) is 0 Å². The summed E-state index contributed by atoms with van der Waals surface area (Å²) >= 11 is 0. The number of piperazine rings is 1. The number of hydrogen-bond acceptors (Lipinski definition) is 4. The first-order valence-electron chi connectivity index (χ1n) is 13.4. The Labute approximate surface area is 224 Å². The molecule has 1 aliphatic heterocycles. The van der Waals surface area contributed by atoms with Gasteiger partial charge < -0.3 is 19.9 Å². The second-order valence-corrected chi connectivity index (χ2v) is 9.93. The zero-order chi connectivity index (χ0) is 26.3. The lowest BCUT2D eigenvalue weighted by atomic mass is 9.80. The van der Waals surface area contributed by atoms with Gasteiger partial charge in [-0.05, 0) is 48.2 Å². The minimum Gasteiger partial charge on any atom is -0.497 e. The molecule has 2 amide bonds. The molecule has 0 saturated carbocycles. The second-order valence-electron chi connectivity index (χ2n) is 9.93. The molecule has 38 heavy (non-hydrogen) atoms. The first kappa shape index (κ1) is 25.6. The molecule has 6 nitrogen and oxygen atoms in total. The molecule has 3 aromatic carbocycles. The van der Waals surface area contributed by atoms with E-state index >= 15 is 0 Å². The summed E-state index contributed by atoms with van der Waals surface area (Å²) in [5.41, 5.74) is 3.18. The number of ether oxygens (including phenoxy) is 1. The van der Waals surface area contributed by atoms with Crippen LogP contribution in [0.15, 0.2) is 97.1 Å². The van der Waals surface area contributed by atoms with Crippen molar-refractivity contribution < 1.29 is 14.3 Å². The maximum Gasteiger partial charge on any atom is 0.226 e. The van der Waals surface area contributed by atoms with E-state index < -0.39 is 0 Å². The number of nitrogens with one attached hydrogen (secondary N) is 1. The molecule has 5 rings (SSSR count). The minimum atomic E-state index is -0.387. The molecule has 0 radical (unpaired) electrons. The van der Waals surface area contributed by atoms with E-state index in [-0.39, 0.29) is 29.7 Å². The lowest BCUT2D eigenvalue weighted by Gasteiger charge is -2.39. The molecular formula is C32H35N3O3. The van der Waals surface area contributed by atoms with Crippen LogP contribution in [-0.2, 0) is 9.59 Å². The van der Waals surface area contributed by atoms with Crippen LogP contribution in [0.2, 0.25) is 0 Å². The topological polar surface area (TPSA) is 61.9 Å². The van der Waals surface area contributed by atoms with Crippen LogP contribution in [0.5, 0.6) is 5.75 Å². The summed E-state index contributed by atoms with van der Waals surface area (Å²) in [4.78, 5) is 31.6. The molecule has 2 aliphatic rings. The largest absolute Gasteiger partial charge is 0.497 e. The third-order valence-corrected chi connectivity index (χ3v) is 7.67. The average molecular weight is 510 g/mol. The van der Waals surface area contributed by atoms with Crippen LogP contribution in [0, 0.1) is 11.8 Å². The normalized spacial score (nSPS) is 19.3. The standard InChI is InChI=1S/C32H35N3O3/c1-38-27-18-16-26(17-19-27)34-20-22-35(23-21-34)32(37)29-15-9-8-14-28(29)31(36)33-30(24-10-4-2-5-11-24)25-12-6-3-7-13-25/h2-13,16-19,28-30H,14-15,20-23H2,1H3,(H,33,36). The minimum absolute atomic E-state index is 0.0673. The van der Waals surface area contributed by atoms with Crippen LogP contribution < -0.4 is 15.0 Å². The summed E-state index contributed by atoms with van der Waals surface area (Å²) in [6.07, 6.45) is 5.25. The van der Waals surface area contributed by atoms with E-state index in [0.29, 0.717) is 25.9 Å². The summed E-state index contributed by atoms with van der Waals surface area (Å²) in [5, 5.41) is 3.28. The van der Waals surface area contributed by atoms with Crippen molar-refractivity contribution in [2.24, 2.45) is 11.8 Å². The Bertz CT molecular complexity index is 1200. The van der Waals surface area contributed by atoms with Crippen molar-refractivity contribution in [2.45, 2.75) is 18.9 Å². The van der Waals surface area contributed by atoms with Gasteiger partial charge in [0, 0.05) is 31.9 Å². The zero-order valence-electron chi connectivity index (χ0n) is 21.8. The SMILES string of the molecule is COc1ccc(N2CCN(C(=O)C3CC=CCC3C(=O)NC(c3ccccc3)c3ccccc3)CC2)cc1. The van der Waals surface area contributed by atoms with Crippen LogP contribution in [0.4, 0.5) is 5.69 Å². The van der Waals surface area contributed by atoms with Crippen LogP contribution in [0.1, 0.15) is 30.0 Å². The number of carbonyl (C=O) groups is 2. The molecule has 2 atom stereocenters. The highest BCUT2D eigenvalue weighted by Gasteiger charge is 2.38. The molecular weight excluding hydrogens is 474 g/mol. The van der Waals surface area contributed by atoms with Crippen molar-refractivity contribution in [3.63, 3.8) is 0 Å². The summed E-state index contributed by atoms with van der Waals surface area (Å²) in [5.74, 6) is 0.114. The van der Waals surface area contributed by atoms with E-state index in [9.17, 15) is 9.59 Å². The zero-order valence-corrected chi connectivity index (χ0v) is 21.8. The van der Waals surface area contributed by atoms with Crippen molar-refractivity contribution >= 4 is 17.5 Å². The fraction of sp³-hybridized carbons (Fsp3) is 0.312. The third-order valence-electron chi connectivity index (χ3n) is 7.67. The maximum absolute atomic E-state index is 13.7. The van der Waals surface area contributed by atoms with Gasteiger partial charge in [0.05, 0.1) is 25.0 Å². The van der Waals surface area contributed by atoms with Crippen molar-refractivity contribution in [3.8, 4) is 5.75 Å². The molecule has 6 heteroatoms. The number of allylic oxidation sites excluding steroid dienone is 2. The predicted molar refractivity (Wildman–Crippen MR) is 150 cm³/mol. The van der Waals surface area contributed by atoms with Crippen molar-refractivity contribution in [3.05, 3.63) is 108 Å². The highest BCUT2D eigenvalue weighted by atomic mass is 16.5. The first-order valence-corrected chi connectivity index (χ1v) is 13.4. The summed E-state index contributed by atoms with van der Waals surface area (Å²) in [7, 11) is 1.66. The van der Waals surface area contributed by atoms with Gasteiger partial charge in [-0.25, -0.2) is 0 Å². The van der Waals surface area contributed by atoms with E-state index in [0.717, 1.165) is 35.7 Å². The number of hydrogen-bond donors (Lipinski definition) is 1. The number of rotatable bonds is 7. The summed E-state index contributed by atoms with van der Waals surface area (Å²) in [6.45, 7) is 2.83. The molecule has 0 aromatic heterocycles. The van der Waals surface area contributed by atoms with Gasteiger partial charge in [-0.3, -0.25) is 9.59 Å². The molecule has 0 bridgehead atoms. The fourth-order valence-corrected chi connectivity index (χ4v) is 5.49. The molecule has 1 fully saturated rings. The lowest BCUT2D eigenvalue weighted by Crippen LogP contribution is -2.52. The third kappa shape index (κ3) is 5.75. The van der Waals surface area contributed by atoms with Crippen LogP contribution in [-0.4, -0.2) is 50.0 Å². The number of benzene rings is 3. The highest BCUT2D eigenvalue weighted by Crippen LogP contribution is 2.31. The van der Waals surface area contributed by atoms with Gasteiger partial charge >= 0.3 is 0 Å². The summed E-state index contributed by atoms with van der Waals surface area (Å²) in [6, 6.07) is 27.8. The Morgan fingerprint density at radius 1 is 0.763 bits per heavy atom. The second kappa shape index (κ2) is 12.0. The van der Waals surface area contributed by atoms with Crippen LogP contribution in [0.25, 0.3) is 0 Å². The molecule has 1 saturated heterocycles. The Morgan fingerprint density at radius 3 is 1.87 bits per heavy atom. The number of nitrogens with zero attached hydrogens (tertiary/aromatic N) is 2. The molecule has 1 N–H and O–H groups in total. The molecule has 2 unspecified atom stereocenters. The maximum atomic E-state index is 13.7. The number of carbonyl (C=O) groups excluding carboxylic acids is 2. The molecule has 1 heterocycles.